The van der Waals surface area contributed by atoms with Crippen molar-refractivity contribution in [2.24, 2.45) is 0 Å². The van der Waals surface area contributed by atoms with Gasteiger partial charge in [-0.3, -0.25) is 0 Å². The molecule has 0 saturated heterocycles. The average molecular weight is 186 g/mol. The molecule has 0 atom stereocenters. The van der Waals surface area contributed by atoms with Gasteiger partial charge in [-0.1, -0.05) is 18.4 Å². The number of aromatic hydroxyl groups is 1. The Bertz CT molecular complexity index is 431. The summed E-state index contributed by atoms with van der Waals surface area (Å²) in [6, 6.07) is 1.70. The summed E-state index contributed by atoms with van der Waals surface area (Å²) >= 11 is 0. The third kappa shape index (κ3) is 1.80. The van der Waals surface area contributed by atoms with E-state index in [1.165, 1.54) is 0 Å². The van der Waals surface area contributed by atoms with Crippen LogP contribution in [-0.2, 0) is 0 Å². The van der Waals surface area contributed by atoms with E-state index in [0.717, 1.165) is 22.3 Å². The van der Waals surface area contributed by atoms with Crippen molar-refractivity contribution >= 4 is 0 Å². The Morgan fingerprint density at radius 2 is 1.86 bits per heavy atom. The fraction of sp³-hybridized carbons (Fsp3) is 0.231. The summed E-state index contributed by atoms with van der Waals surface area (Å²) in [6.07, 6.45) is 1.55. The SMILES string of the molecule is C=CC#Cc1cc(O)c(C)c(C)c1C. The molecule has 0 radical (unpaired) electrons. The van der Waals surface area contributed by atoms with Crippen molar-refractivity contribution in [3.8, 4) is 17.6 Å². The molecule has 1 aromatic rings. The molecule has 1 N–H and O–H groups in total. The molecule has 0 fully saturated rings. The van der Waals surface area contributed by atoms with Gasteiger partial charge in [-0.15, -0.1) is 0 Å². The molecule has 1 aromatic carbocycles. The summed E-state index contributed by atoms with van der Waals surface area (Å²) in [5.41, 5.74) is 4.00. The summed E-state index contributed by atoms with van der Waals surface area (Å²) in [6.45, 7) is 9.44. The molecule has 0 aliphatic rings. The van der Waals surface area contributed by atoms with Crippen LogP contribution in [0.2, 0.25) is 0 Å². The van der Waals surface area contributed by atoms with E-state index in [2.05, 4.69) is 18.4 Å². The van der Waals surface area contributed by atoms with Crippen LogP contribution < -0.4 is 0 Å². The predicted octanol–water partition coefficient (Wildman–Crippen LogP) is 2.85. The monoisotopic (exact) mass is 186 g/mol. The fourth-order valence-corrected chi connectivity index (χ4v) is 1.29. The van der Waals surface area contributed by atoms with E-state index in [-0.39, 0.29) is 0 Å². The maximum Gasteiger partial charge on any atom is 0.120 e. The number of phenolic OH excluding ortho intramolecular Hbond substituents is 1. The highest BCUT2D eigenvalue weighted by molar-refractivity contribution is 5.53. The van der Waals surface area contributed by atoms with Gasteiger partial charge in [-0.2, -0.15) is 0 Å². The predicted molar refractivity (Wildman–Crippen MR) is 59.4 cm³/mol. The Labute approximate surface area is 85.1 Å². The van der Waals surface area contributed by atoms with Crippen LogP contribution in [0.4, 0.5) is 0 Å². The van der Waals surface area contributed by atoms with Crippen molar-refractivity contribution in [3.05, 3.63) is 41.0 Å². The molecule has 0 saturated carbocycles. The molecule has 0 unspecified atom stereocenters. The zero-order valence-electron chi connectivity index (χ0n) is 8.81. The van der Waals surface area contributed by atoms with Crippen LogP contribution >= 0.6 is 0 Å². The molecule has 72 valence electrons. The lowest BCUT2D eigenvalue weighted by atomic mass is 9.98. The molecule has 1 rings (SSSR count). The van der Waals surface area contributed by atoms with Crippen LogP contribution in [0, 0.1) is 32.6 Å². The lowest BCUT2D eigenvalue weighted by Crippen LogP contribution is -1.91. The van der Waals surface area contributed by atoms with Crippen LogP contribution in [-0.4, -0.2) is 5.11 Å². The molecular weight excluding hydrogens is 172 g/mol. The van der Waals surface area contributed by atoms with Gasteiger partial charge in [0, 0.05) is 5.56 Å². The molecular formula is C13H14O. The second kappa shape index (κ2) is 4.02. The first-order valence-corrected chi connectivity index (χ1v) is 4.50. The molecule has 0 aliphatic heterocycles. The van der Waals surface area contributed by atoms with Crippen molar-refractivity contribution in [2.45, 2.75) is 20.8 Å². The normalized spacial score (nSPS) is 9.07. The van der Waals surface area contributed by atoms with E-state index in [1.54, 1.807) is 12.1 Å². The van der Waals surface area contributed by atoms with Gasteiger partial charge in [0.2, 0.25) is 0 Å². The maximum atomic E-state index is 9.61. The van der Waals surface area contributed by atoms with Crippen molar-refractivity contribution in [1.82, 2.24) is 0 Å². The molecule has 1 nitrogen and oxygen atoms in total. The summed E-state index contributed by atoms with van der Waals surface area (Å²) < 4.78 is 0. The van der Waals surface area contributed by atoms with Crippen molar-refractivity contribution in [1.29, 1.82) is 0 Å². The van der Waals surface area contributed by atoms with E-state index in [4.69, 9.17) is 0 Å². The van der Waals surface area contributed by atoms with Gasteiger partial charge < -0.3 is 5.11 Å². The highest BCUT2D eigenvalue weighted by Crippen LogP contribution is 2.25. The molecule has 0 spiro atoms. The van der Waals surface area contributed by atoms with Crippen molar-refractivity contribution < 1.29 is 5.11 Å². The first kappa shape index (κ1) is 10.4. The first-order chi connectivity index (χ1) is 6.57. The van der Waals surface area contributed by atoms with Gasteiger partial charge in [-0.25, -0.2) is 0 Å². The third-order valence-electron chi connectivity index (χ3n) is 2.50. The zero-order chi connectivity index (χ0) is 10.7. The third-order valence-corrected chi connectivity index (χ3v) is 2.50. The second-order valence-electron chi connectivity index (χ2n) is 3.29. The minimum atomic E-state index is 0.307. The quantitative estimate of drug-likeness (QED) is 0.618. The van der Waals surface area contributed by atoms with Crippen LogP contribution in [0.25, 0.3) is 0 Å². The van der Waals surface area contributed by atoms with Gasteiger partial charge >= 0.3 is 0 Å². The zero-order valence-corrected chi connectivity index (χ0v) is 8.81. The lowest BCUT2D eigenvalue weighted by Gasteiger charge is -2.08. The average Bonchev–Trinajstić information content (AvgIpc) is 2.18. The van der Waals surface area contributed by atoms with E-state index in [9.17, 15) is 5.11 Å². The molecule has 1 heteroatoms. The minimum Gasteiger partial charge on any atom is -0.508 e. The number of benzene rings is 1. The van der Waals surface area contributed by atoms with E-state index in [0.29, 0.717) is 5.75 Å². The number of rotatable bonds is 0. The molecule has 0 bridgehead atoms. The smallest absolute Gasteiger partial charge is 0.120 e. The van der Waals surface area contributed by atoms with E-state index < -0.39 is 0 Å². The Hall–Kier alpha value is -1.68. The van der Waals surface area contributed by atoms with Crippen molar-refractivity contribution in [2.75, 3.05) is 0 Å². The van der Waals surface area contributed by atoms with Gasteiger partial charge in [0.1, 0.15) is 5.75 Å². The number of hydrogen-bond acceptors (Lipinski definition) is 1. The van der Waals surface area contributed by atoms with Gasteiger partial charge in [0.15, 0.2) is 0 Å². The van der Waals surface area contributed by atoms with Gasteiger partial charge in [-0.05, 0) is 49.6 Å². The topological polar surface area (TPSA) is 20.2 Å². The molecule has 14 heavy (non-hydrogen) atoms. The fourth-order valence-electron chi connectivity index (χ4n) is 1.29. The Balaban J connectivity index is 3.40. The number of allylic oxidation sites excluding steroid dienone is 1. The van der Waals surface area contributed by atoms with Crippen LogP contribution in [0.1, 0.15) is 22.3 Å². The summed E-state index contributed by atoms with van der Waals surface area (Å²) in [5.74, 6) is 6.03. The minimum absolute atomic E-state index is 0.307. The summed E-state index contributed by atoms with van der Waals surface area (Å²) in [7, 11) is 0. The van der Waals surface area contributed by atoms with Crippen LogP contribution in [0.15, 0.2) is 18.7 Å². The number of phenols is 1. The summed E-state index contributed by atoms with van der Waals surface area (Å²) in [5, 5.41) is 9.61. The van der Waals surface area contributed by atoms with Gasteiger partial charge in [0.25, 0.3) is 0 Å². The molecule has 0 aliphatic carbocycles. The molecule has 0 heterocycles. The van der Waals surface area contributed by atoms with E-state index >= 15 is 0 Å². The lowest BCUT2D eigenvalue weighted by molar-refractivity contribution is 0.470. The van der Waals surface area contributed by atoms with E-state index in [1.807, 2.05) is 20.8 Å². The first-order valence-electron chi connectivity index (χ1n) is 4.50. The summed E-state index contributed by atoms with van der Waals surface area (Å²) in [4.78, 5) is 0. The van der Waals surface area contributed by atoms with Crippen molar-refractivity contribution in [3.63, 3.8) is 0 Å². The van der Waals surface area contributed by atoms with Crippen LogP contribution in [0.5, 0.6) is 5.75 Å². The molecule has 0 amide bonds. The highest BCUT2D eigenvalue weighted by atomic mass is 16.3. The highest BCUT2D eigenvalue weighted by Gasteiger charge is 2.06. The standard InChI is InChI=1S/C13H14O/c1-5-6-7-12-8-13(14)11(4)9(2)10(12)3/h5,8,14H,1H2,2-4H3. The maximum absolute atomic E-state index is 9.61. The Morgan fingerprint density at radius 1 is 1.21 bits per heavy atom. The Morgan fingerprint density at radius 3 is 2.43 bits per heavy atom. The number of hydrogen-bond donors (Lipinski definition) is 1. The van der Waals surface area contributed by atoms with Gasteiger partial charge in [0.05, 0.1) is 0 Å². The van der Waals surface area contributed by atoms with Crippen LogP contribution in [0.3, 0.4) is 0 Å². The largest absolute Gasteiger partial charge is 0.508 e. The molecule has 0 aromatic heterocycles. The second-order valence-corrected chi connectivity index (χ2v) is 3.29. The Kier molecular flexibility index (Phi) is 2.99.